The van der Waals surface area contributed by atoms with Crippen LogP contribution < -0.4 is 38.1 Å². The lowest BCUT2D eigenvalue weighted by molar-refractivity contribution is 0.0514. The van der Waals surface area contributed by atoms with Gasteiger partial charge in [-0.15, -0.1) is 0 Å². The lowest BCUT2D eigenvalue weighted by Crippen LogP contribution is -2.43. The van der Waals surface area contributed by atoms with Gasteiger partial charge in [0.1, 0.15) is 16.9 Å². The number of nitrogens with one attached hydrogen (secondary N) is 5. The number of H-pyrrole nitrogens is 4. The minimum atomic E-state index is -1.17. The zero-order valence-corrected chi connectivity index (χ0v) is 55.6. The first kappa shape index (κ1) is 72.1. The number of aryl methyl sites for hydroxylation is 4. The van der Waals surface area contributed by atoms with Crippen LogP contribution in [0.15, 0.2) is 150 Å². The van der Waals surface area contributed by atoms with Crippen LogP contribution in [-0.2, 0) is 9.47 Å². The normalized spacial score (nSPS) is 12.0. The Morgan fingerprint density at radius 1 is 0.495 bits per heavy atom. The number of fused-ring (bicyclic) bond motifs is 9. The van der Waals surface area contributed by atoms with Crippen LogP contribution in [0.5, 0.6) is 0 Å². The molecule has 7 aromatic heterocycles. The molecule has 0 bridgehead atoms. The molecule has 7 aromatic carbocycles. The van der Waals surface area contributed by atoms with Crippen LogP contribution in [0.2, 0.25) is 5.02 Å². The molecule has 21 nitrogen and oxygen atoms in total. The third-order valence-electron chi connectivity index (χ3n) is 16.2. The van der Waals surface area contributed by atoms with E-state index in [2.05, 4.69) is 44.9 Å². The summed E-state index contributed by atoms with van der Waals surface area (Å²) in [5.74, 6) is -11.2. The minimum absolute atomic E-state index is 0.0138. The molecular weight excluding hydrogens is 1390 g/mol. The van der Waals surface area contributed by atoms with Gasteiger partial charge in [0.15, 0.2) is 46.5 Å². The molecule has 14 aromatic rings. The molecule has 0 spiro atoms. The van der Waals surface area contributed by atoms with Gasteiger partial charge in [0.2, 0.25) is 5.43 Å². The number of pyridine rings is 4. The second-order valence-electron chi connectivity index (χ2n) is 22.9. The summed E-state index contributed by atoms with van der Waals surface area (Å²) >= 11 is 6.07. The Hall–Kier alpha value is -12.2. The lowest BCUT2D eigenvalue weighted by atomic mass is 10.1. The summed E-state index contributed by atoms with van der Waals surface area (Å²) in [4.78, 5) is 103. The van der Waals surface area contributed by atoms with Crippen LogP contribution in [0.1, 0.15) is 57.3 Å². The maximum atomic E-state index is 15.0. The number of hydrogen-bond acceptors (Lipinski definition) is 15. The fourth-order valence-corrected chi connectivity index (χ4v) is 11.8. The number of nitrogens with zero attached hydrogens (tertiary/aromatic N) is 6. The molecule has 528 valence electrons. The van der Waals surface area contributed by atoms with Gasteiger partial charge in [-0.05, 0) is 102 Å². The predicted octanol–water partition coefficient (Wildman–Crippen LogP) is 12.9. The summed E-state index contributed by atoms with van der Waals surface area (Å²) in [6.45, 7) is 13.3. The topological polar surface area (TPSA) is 278 Å². The van der Waals surface area contributed by atoms with E-state index >= 15 is 0 Å². The highest BCUT2D eigenvalue weighted by molar-refractivity contribution is 6.38. The van der Waals surface area contributed by atoms with Gasteiger partial charge in [-0.25, -0.2) is 68.1 Å². The number of piperazine rings is 1. The van der Waals surface area contributed by atoms with Gasteiger partial charge in [-0.3, -0.25) is 44.5 Å². The third-order valence-corrected chi connectivity index (χ3v) is 16.6. The number of rotatable bonds is 7. The molecule has 1 fully saturated rings. The summed E-state index contributed by atoms with van der Waals surface area (Å²) in [5, 5.41) is 11.2. The molecule has 0 unspecified atom stereocenters. The van der Waals surface area contributed by atoms with Crippen molar-refractivity contribution in [3.8, 4) is 11.4 Å². The molecule has 1 aliphatic rings. The first-order chi connectivity index (χ1) is 49.2. The maximum Gasteiger partial charge on any atom is 0.419 e. The van der Waals surface area contributed by atoms with Crippen molar-refractivity contribution < 1.29 is 63.0 Å². The smallest absolute Gasteiger partial charge is 0.419 e. The average molecular weight is 1440 g/mol. The van der Waals surface area contributed by atoms with E-state index in [9.17, 15) is 73.1 Å². The summed E-state index contributed by atoms with van der Waals surface area (Å²) in [5.41, 5.74) is 3.63. The van der Waals surface area contributed by atoms with E-state index in [0.717, 1.165) is 74.3 Å². The van der Waals surface area contributed by atoms with Gasteiger partial charge >= 0.3 is 23.3 Å². The van der Waals surface area contributed by atoms with Crippen molar-refractivity contribution >= 4 is 106 Å². The summed E-state index contributed by atoms with van der Waals surface area (Å²) < 4.78 is 137. The molecule has 5 N–H and O–H groups in total. The number of carbonyl (C=O) groups excluding carboxylic acids is 2. The number of aromatic amines is 4. The number of para-hydroxylation sites is 2. The van der Waals surface area contributed by atoms with Crippen LogP contribution in [0.3, 0.4) is 0 Å². The van der Waals surface area contributed by atoms with E-state index in [4.69, 9.17) is 21.1 Å². The lowest BCUT2D eigenvalue weighted by Gasteiger charge is -2.29. The molecule has 1 aliphatic heterocycles. The highest BCUT2D eigenvalue weighted by Crippen LogP contribution is 2.33. The number of halogens is 10. The zero-order chi connectivity index (χ0) is 74.0. The largest absolute Gasteiger partial charge is 0.462 e. The molecule has 0 saturated carbocycles. The fraction of sp³-hybridized carbons (Fsp3) is 0.167. The molecule has 31 heteroatoms. The van der Waals surface area contributed by atoms with E-state index < -0.39 is 75.3 Å². The molecule has 15 rings (SSSR count). The number of hydrogen-bond donors (Lipinski definition) is 5. The molecule has 0 atom stereocenters. The van der Waals surface area contributed by atoms with E-state index in [1.54, 1.807) is 45.9 Å². The van der Waals surface area contributed by atoms with Crippen molar-refractivity contribution in [2.45, 2.75) is 41.5 Å². The van der Waals surface area contributed by atoms with Crippen LogP contribution in [-0.4, -0.2) is 95.8 Å². The van der Waals surface area contributed by atoms with Crippen molar-refractivity contribution in [2.75, 3.05) is 44.3 Å². The molecule has 0 amide bonds. The van der Waals surface area contributed by atoms with E-state index in [0.29, 0.717) is 78.1 Å². The number of aromatic nitrogens is 9. The standard InChI is InChI=1S/C21H20FN5O.C17H11F2N3O.C13H10ClF2NO2.C13H11F2NO3.C8H3F2NO3/c1-13-19-20(25-27(21(19)28)14-5-3-2-4-6-14)15-11-16(22)18(12-17(15)24-13)26-9-7-23-8-10-26;1-9-15-16(11-7-12(18)13(19)8-14(11)20-9)21-22(17(15)23)10-5-3-2-4-6-10;1-3-19-13(18)11-6(2)17-10-5-9(16)8(15)4-7(10)12(11)14;1-3-19-13(18)11-6(2)16-10-5-9(15)8(14)4-7(10)12(11)17;9-4-1-3-6(2-5(4)10)11-8(13)14-7(3)12/h2-6,11-12,23,25H,7-10H2,1H3;2-8,21H,1H3;4-5H,3H2,1-2H3;4-5H,3H2,1-2H3,(H,16,17);1-2H,(H,11,13). The third kappa shape index (κ3) is 14.6. The number of esters is 2. The summed E-state index contributed by atoms with van der Waals surface area (Å²) in [7, 11) is 0. The Balaban J connectivity index is 0.000000131. The summed E-state index contributed by atoms with van der Waals surface area (Å²) in [6.07, 6.45) is 0. The monoisotopic (exact) mass is 1440 g/mol. The first-order valence-corrected chi connectivity index (χ1v) is 31.6. The number of ether oxygens (including phenoxy) is 2. The Labute approximate surface area is 577 Å². The number of carbonyl (C=O) groups is 2. The number of anilines is 1. The molecule has 8 heterocycles. The van der Waals surface area contributed by atoms with Crippen molar-refractivity contribution in [2.24, 2.45) is 0 Å². The van der Waals surface area contributed by atoms with Crippen LogP contribution in [0, 0.1) is 80.0 Å². The Morgan fingerprint density at radius 3 is 1.41 bits per heavy atom. The van der Waals surface area contributed by atoms with Crippen molar-refractivity contribution in [1.29, 1.82) is 0 Å². The van der Waals surface area contributed by atoms with Crippen LogP contribution in [0.25, 0.3) is 87.7 Å². The highest BCUT2D eigenvalue weighted by Gasteiger charge is 2.25. The van der Waals surface area contributed by atoms with E-state index in [1.165, 1.54) is 22.4 Å². The highest BCUT2D eigenvalue weighted by atomic mass is 35.5. The molecule has 1 saturated heterocycles. The van der Waals surface area contributed by atoms with E-state index in [1.807, 2.05) is 60.4 Å². The first-order valence-electron chi connectivity index (χ1n) is 31.2. The van der Waals surface area contributed by atoms with Crippen molar-refractivity contribution in [3.63, 3.8) is 0 Å². The number of benzene rings is 7. The van der Waals surface area contributed by atoms with Crippen molar-refractivity contribution in [1.82, 2.24) is 49.8 Å². The van der Waals surface area contributed by atoms with Crippen molar-refractivity contribution in [3.05, 3.63) is 265 Å². The van der Waals surface area contributed by atoms with Gasteiger partial charge in [0, 0.05) is 77.7 Å². The van der Waals surface area contributed by atoms with E-state index in [-0.39, 0.29) is 84.7 Å². The second kappa shape index (κ2) is 29.9. The second-order valence-corrected chi connectivity index (χ2v) is 23.3. The maximum absolute atomic E-state index is 15.0. The van der Waals surface area contributed by atoms with Gasteiger partial charge in [-0.2, -0.15) is 0 Å². The van der Waals surface area contributed by atoms with Gasteiger partial charge in [0.05, 0.1) is 107 Å². The Morgan fingerprint density at radius 2 is 0.903 bits per heavy atom. The van der Waals surface area contributed by atoms with Gasteiger partial charge in [-0.1, -0.05) is 48.0 Å². The molecule has 0 aliphatic carbocycles. The van der Waals surface area contributed by atoms with Gasteiger partial charge in [0.25, 0.3) is 11.1 Å². The van der Waals surface area contributed by atoms with Gasteiger partial charge < -0.3 is 29.1 Å². The minimum Gasteiger partial charge on any atom is -0.462 e. The Kier molecular flexibility index (Phi) is 21.0. The molecule has 103 heavy (non-hydrogen) atoms. The zero-order valence-electron chi connectivity index (χ0n) is 54.8. The average Bonchev–Trinajstić information content (AvgIpc) is 1.63. The predicted molar refractivity (Wildman–Crippen MR) is 368 cm³/mol. The fourth-order valence-electron chi connectivity index (χ4n) is 11.5. The molecule has 0 radical (unpaired) electrons. The SMILES string of the molecule is CCOC(=O)c1c(C)[nH]c2cc(F)c(F)cc2c1=O.CCOC(=O)c1c(C)nc2cc(F)c(F)cc2c1Cl.Cc1nc2cc(F)c(F)cc2c2[nH]n(-c3ccccc3)c(=O)c12.Cc1nc2cc(N3CCNCC3)c(F)cc2c2[nH]n(-c3ccccc3)c(=O)c12.O=c1[nH]c2cc(F)c(F)cc2c(=O)o1. The van der Waals surface area contributed by atoms with Crippen LogP contribution >= 0.6 is 11.6 Å². The quantitative estimate of drug-likeness (QED) is 0.0733. The molecular formula is C72H55ClF9N11O10. The Bertz CT molecular complexity index is 6040. The summed E-state index contributed by atoms with van der Waals surface area (Å²) in [6, 6.07) is 28.7. The van der Waals surface area contributed by atoms with Crippen LogP contribution in [0.4, 0.5) is 45.2 Å².